The third-order valence-electron chi connectivity index (χ3n) is 6.67. The molecule has 2 fully saturated rings. The monoisotopic (exact) mass is 507 g/mol. The van der Waals surface area contributed by atoms with Crippen molar-refractivity contribution in [3.63, 3.8) is 0 Å². The first-order valence-electron chi connectivity index (χ1n) is 11.0. The summed E-state index contributed by atoms with van der Waals surface area (Å²) in [4.78, 5) is 15.9. The van der Waals surface area contributed by atoms with Gasteiger partial charge in [-0.05, 0) is 61.9 Å². The zero-order chi connectivity index (χ0) is 25.6. The Balaban J connectivity index is 1.67. The fourth-order valence-corrected chi connectivity index (χ4v) is 6.54. The molecule has 1 heterocycles. The molecule has 2 aliphatic rings. The molecule has 0 spiro atoms. The lowest BCUT2D eigenvalue weighted by Gasteiger charge is -2.19. The van der Waals surface area contributed by atoms with Crippen LogP contribution in [0.3, 0.4) is 0 Å². The number of nitrogens with one attached hydrogen (secondary N) is 1. The van der Waals surface area contributed by atoms with E-state index in [1.807, 2.05) is 6.07 Å². The smallest absolute Gasteiger partial charge is 0.381 e. The first-order valence-corrected chi connectivity index (χ1v) is 12.6. The lowest BCUT2D eigenvalue weighted by molar-refractivity contribution is -0.139. The normalized spacial score (nSPS) is 23.5. The predicted molar refractivity (Wildman–Crippen MR) is 120 cm³/mol. The average Bonchev–Trinajstić information content (AvgIpc) is 3.43. The van der Waals surface area contributed by atoms with Crippen LogP contribution in [0, 0.1) is 24.2 Å². The summed E-state index contributed by atoms with van der Waals surface area (Å²) < 4.78 is 74.3. The van der Waals surface area contributed by atoms with Gasteiger partial charge in [-0.25, -0.2) is 8.42 Å². The number of hydrogen-bond donors (Lipinski definition) is 1. The molecule has 1 aromatic heterocycles. The Morgan fingerprint density at radius 2 is 1.91 bits per heavy atom. The number of benzene rings is 1. The Labute approximate surface area is 201 Å². The van der Waals surface area contributed by atoms with Crippen molar-refractivity contribution in [1.29, 1.82) is 5.26 Å². The molecule has 0 radical (unpaired) electrons. The minimum Gasteiger partial charge on any atom is -0.381 e. The Morgan fingerprint density at radius 1 is 1.20 bits per heavy atom. The van der Waals surface area contributed by atoms with Gasteiger partial charge in [0.25, 0.3) is 0 Å². The van der Waals surface area contributed by atoms with Gasteiger partial charge in [0.05, 0.1) is 33.8 Å². The van der Waals surface area contributed by atoms with Crippen molar-refractivity contribution in [3.8, 4) is 17.2 Å². The number of sulfone groups is 1. The van der Waals surface area contributed by atoms with Crippen LogP contribution >= 0.6 is 0 Å². The number of pyridine rings is 1. The highest BCUT2D eigenvalue weighted by Gasteiger charge is 2.51. The number of aromatic nitrogens is 1. The van der Waals surface area contributed by atoms with Crippen molar-refractivity contribution in [3.05, 3.63) is 47.8 Å². The SMILES string of the molecule is COC1CC(S(=O)(=O)c2ccc(-c3cncc(C)c3)cc2C(F)(F)F)C[C@H]1C(=O)NC1(C#N)CC1. The van der Waals surface area contributed by atoms with E-state index in [9.17, 15) is 31.6 Å². The maximum atomic E-state index is 14.0. The van der Waals surface area contributed by atoms with E-state index in [2.05, 4.69) is 10.3 Å². The number of nitrogens with zero attached hydrogens (tertiary/aromatic N) is 2. The molecule has 4 rings (SSSR count). The largest absolute Gasteiger partial charge is 0.417 e. The summed E-state index contributed by atoms with van der Waals surface area (Å²) >= 11 is 0. The standard InChI is InChI=1S/C24H24F3N3O4S/c1-14-7-16(12-29-11-14)15-3-4-21(19(8-15)24(25,26)27)35(32,33)17-9-18(20(10-17)34-2)22(31)30-23(13-28)5-6-23/h3-4,7-8,11-12,17-18,20H,5-6,9-10H2,1-2H3,(H,30,31)/t17?,18-,20?/m1/s1. The highest BCUT2D eigenvalue weighted by Crippen LogP contribution is 2.43. The average molecular weight is 508 g/mol. The summed E-state index contributed by atoms with van der Waals surface area (Å²) in [7, 11) is -3.14. The molecule has 2 aliphatic carbocycles. The van der Waals surface area contributed by atoms with Crippen LogP contribution in [-0.2, 0) is 25.5 Å². The number of hydrogen-bond acceptors (Lipinski definition) is 6. The second-order valence-electron chi connectivity index (χ2n) is 9.16. The number of ether oxygens (including phenoxy) is 1. The van der Waals surface area contributed by atoms with E-state index in [0.29, 0.717) is 18.4 Å². The molecule has 0 aliphatic heterocycles. The summed E-state index contributed by atoms with van der Waals surface area (Å²) in [6, 6.07) is 6.81. The Kier molecular flexibility index (Phi) is 6.40. The van der Waals surface area contributed by atoms with Crippen molar-refractivity contribution in [2.45, 2.75) is 60.6 Å². The number of methoxy groups -OCH3 is 1. The third-order valence-corrected chi connectivity index (χ3v) is 8.90. The first kappa shape index (κ1) is 25.1. The topological polar surface area (TPSA) is 109 Å². The number of aryl methyl sites for hydroxylation is 1. The van der Waals surface area contributed by atoms with Gasteiger partial charge in [-0.3, -0.25) is 9.78 Å². The molecule has 2 aromatic rings. The van der Waals surface area contributed by atoms with Crippen LogP contribution in [0.4, 0.5) is 13.2 Å². The highest BCUT2D eigenvalue weighted by molar-refractivity contribution is 7.92. The number of halogens is 3. The molecule has 11 heteroatoms. The molecule has 0 bridgehead atoms. The van der Waals surface area contributed by atoms with Crippen molar-refractivity contribution in [2.24, 2.45) is 5.92 Å². The fourth-order valence-electron chi connectivity index (χ4n) is 4.53. The first-order chi connectivity index (χ1) is 16.4. The van der Waals surface area contributed by atoms with Crippen molar-refractivity contribution in [2.75, 3.05) is 7.11 Å². The van der Waals surface area contributed by atoms with Crippen LogP contribution in [-0.4, -0.2) is 43.3 Å². The van der Waals surface area contributed by atoms with Gasteiger partial charge in [0.15, 0.2) is 9.84 Å². The molecular weight excluding hydrogens is 483 g/mol. The van der Waals surface area contributed by atoms with Crippen LogP contribution < -0.4 is 5.32 Å². The number of amides is 1. The van der Waals surface area contributed by atoms with Crippen LogP contribution in [0.15, 0.2) is 41.6 Å². The molecule has 1 N–H and O–H groups in total. The zero-order valence-electron chi connectivity index (χ0n) is 19.1. The maximum absolute atomic E-state index is 14.0. The van der Waals surface area contributed by atoms with Gasteiger partial charge < -0.3 is 10.1 Å². The highest BCUT2D eigenvalue weighted by atomic mass is 32.2. The second-order valence-corrected chi connectivity index (χ2v) is 11.4. The fraction of sp³-hybridized carbons (Fsp3) is 0.458. The van der Waals surface area contributed by atoms with Gasteiger partial charge in [0.2, 0.25) is 5.91 Å². The van der Waals surface area contributed by atoms with Gasteiger partial charge in [-0.2, -0.15) is 18.4 Å². The second kappa shape index (κ2) is 8.91. The lowest BCUT2D eigenvalue weighted by Crippen LogP contribution is -2.42. The molecule has 0 saturated heterocycles. The molecule has 2 saturated carbocycles. The number of nitriles is 1. The Hall–Kier alpha value is -2.97. The van der Waals surface area contributed by atoms with E-state index in [0.717, 1.165) is 17.7 Å². The van der Waals surface area contributed by atoms with Crippen LogP contribution in [0.25, 0.3) is 11.1 Å². The van der Waals surface area contributed by atoms with Gasteiger partial charge >= 0.3 is 6.18 Å². The molecule has 2 unspecified atom stereocenters. The van der Waals surface area contributed by atoms with E-state index >= 15 is 0 Å². The molecule has 7 nitrogen and oxygen atoms in total. The van der Waals surface area contributed by atoms with E-state index in [-0.39, 0.29) is 18.4 Å². The number of carbonyl (C=O) groups excluding carboxylic acids is 1. The number of alkyl halides is 3. The maximum Gasteiger partial charge on any atom is 0.417 e. The molecule has 3 atom stereocenters. The van der Waals surface area contributed by atoms with Crippen LogP contribution in [0.5, 0.6) is 0 Å². The van der Waals surface area contributed by atoms with Crippen molar-refractivity contribution in [1.82, 2.24) is 10.3 Å². The summed E-state index contributed by atoms with van der Waals surface area (Å²) in [6.07, 6.45) is -2.07. The van der Waals surface area contributed by atoms with E-state index in [4.69, 9.17) is 4.74 Å². The Morgan fingerprint density at radius 3 is 2.49 bits per heavy atom. The molecule has 35 heavy (non-hydrogen) atoms. The van der Waals surface area contributed by atoms with Crippen LogP contribution in [0.2, 0.25) is 0 Å². The molecule has 1 amide bonds. The van der Waals surface area contributed by atoms with Gasteiger partial charge in [0.1, 0.15) is 5.54 Å². The number of rotatable bonds is 6. The summed E-state index contributed by atoms with van der Waals surface area (Å²) in [5, 5.41) is 10.6. The quantitative estimate of drug-likeness (QED) is 0.637. The molecule has 1 aromatic carbocycles. The minimum absolute atomic E-state index is 0.128. The van der Waals surface area contributed by atoms with Crippen molar-refractivity contribution >= 4 is 15.7 Å². The molecule has 186 valence electrons. The number of carbonyl (C=O) groups is 1. The van der Waals surface area contributed by atoms with E-state index in [1.54, 1.807) is 19.2 Å². The van der Waals surface area contributed by atoms with Gasteiger partial charge in [-0.1, -0.05) is 6.07 Å². The Bertz CT molecular complexity index is 1300. The summed E-state index contributed by atoms with van der Waals surface area (Å²) in [5.41, 5.74) is -0.839. The van der Waals surface area contributed by atoms with E-state index < -0.39 is 55.2 Å². The zero-order valence-corrected chi connectivity index (χ0v) is 19.9. The van der Waals surface area contributed by atoms with E-state index in [1.165, 1.54) is 19.4 Å². The predicted octanol–water partition coefficient (Wildman–Crippen LogP) is 3.82. The van der Waals surface area contributed by atoms with Crippen LogP contribution in [0.1, 0.15) is 36.8 Å². The van der Waals surface area contributed by atoms with Crippen molar-refractivity contribution < 1.29 is 31.1 Å². The third kappa shape index (κ3) is 4.90. The van der Waals surface area contributed by atoms with Gasteiger partial charge in [0, 0.05) is 25.1 Å². The lowest BCUT2D eigenvalue weighted by atomic mass is 10.0. The minimum atomic E-state index is -4.92. The van der Waals surface area contributed by atoms with Gasteiger partial charge in [-0.15, -0.1) is 0 Å². The summed E-state index contributed by atoms with van der Waals surface area (Å²) in [6.45, 7) is 1.75. The summed E-state index contributed by atoms with van der Waals surface area (Å²) in [5.74, 6) is -1.41. The molecular formula is C24H24F3N3O4S.